The highest BCUT2D eigenvalue weighted by Crippen LogP contribution is 2.26. The van der Waals surface area contributed by atoms with E-state index in [4.69, 9.17) is 9.47 Å². The van der Waals surface area contributed by atoms with Gasteiger partial charge >= 0.3 is 12.1 Å². The van der Waals surface area contributed by atoms with Crippen molar-refractivity contribution in [1.29, 1.82) is 0 Å². The standard InChI is InChI=1S/C27H39N5O6/c1-17(2)22(24(33)32-14-9-11-21(32)25(34)35)29-27(36)38-15-8-6-7-10-18-12-13-20-19(16-18)23(37-5)30-26(28-20)31(3)4/h12-13,16-17,21-22H,6-11,14-15H2,1-5H3,(H,29,36)(H,34,35)/t21-,22-/m0/s1. The fourth-order valence-corrected chi connectivity index (χ4v) is 4.57. The van der Waals surface area contributed by atoms with Crippen LogP contribution in [0.3, 0.4) is 0 Å². The highest BCUT2D eigenvalue weighted by Gasteiger charge is 2.38. The van der Waals surface area contributed by atoms with Crippen LogP contribution in [-0.2, 0) is 20.7 Å². The fourth-order valence-electron chi connectivity index (χ4n) is 4.57. The van der Waals surface area contributed by atoms with Crippen molar-refractivity contribution in [1.82, 2.24) is 20.2 Å². The molecule has 2 amide bonds. The molecule has 0 radical (unpaired) electrons. The first-order valence-electron chi connectivity index (χ1n) is 13.1. The molecule has 208 valence electrons. The Bertz CT molecular complexity index is 1140. The number of benzene rings is 1. The van der Waals surface area contributed by atoms with Gasteiger partial charge in [-0.15, -0.1) is 0 Å². The van der Waals surface area contributed by atoms with E-state index in [-0.39, 0.29) is 18.4 Å². The molecule has 3 rings (SSSR count). The Kier molecular flexibility index (Phi) is 10.1. The number of amides is 2. The Morgan fingerprint density at radius 3 is 2.61 bits per heavy atom. The van der Waals surface area contributed by atoms with Gasteiger partial charge in [-0.2, -0.15) is 4.98 Å². The molecule has 11 heteroatoms. The van der Waals surface area contributed by atoms with Crippen LogP contribution in [0.15, 0.2) is 18.2 Å². The normalized spacial score (nSPS) is 15.9. The van der Waals surface area contributed by atoms with E-state index in [9.17, 15) is 19.5 Å². The monoisotopic (exact) mass is 529 g/mol. The Hall–Kier alpha value is -3.63. The van der Waals surface area contributed by atoms with E-state index in [1.807, 2.05) is 38.9 Å². The summed E-state index contributed by atoms with van der Waals surface area (Å²) in [5.74, 6) is -0.463. The topological polar surface area (TPSA) is 134 Å². The number of alkyl carbamates (subject to hydrolysis) is 1. The maximum Gasteiger partial charge on any atom is 0.407 e. The number of hydrogen-bond acceptors (Lipinski definition) is 8. The lowest BCUT2D eigenvalue weighted by atomic mass is 10.0. The lowest BCUT2D eigenvalue weighted by Gasteiger charge is -2.29. The van der Waals surface area contributed by atoms with Crippen LogP contribution in [0, 0.1) is 5.92 Å². The minimum atomic E-state index is -1.02. The Morgan fingerprint density at radius 2 is 1.95 bits per heavy atom. The van der Waals surface area contributed by atoms with Gasteiger partial charge in [-0.3, -0.25) is 4.79 Å². The number of fused-ring (bicyclic) bond motifs is 1. The number of carboxylic acid groups (broad SMARTS) is 1. The molecule has 1 saturated heterocycles. The summed E-state index contributed by atoms with van der Waals surface area (Å²) in [6, 6.07) is 4.41. The summed E-state index contributed by atoms with van der Waals surface area (Å²) in [5.41, 5.74) is 1.97. The quantitative estimate of drug-likeness (QED) is 0.397. The summed E-state index contributed by atoms with van der Waals surface area (Å²) in [6.45, 7) is 4.23. The number of methoxy groups -OCH3 is 1. The van der Waals surface area contributed by atoms with Gasteiger partial charge in [0.1, 0.15) is 12.1 Å². The van der Waals surface area contributed by atoms with Gasteiger partial charge in [-0.1, -0.05) is 19.9 Å². The lowest BCUT2D eigenvalue weighted by Crippen LogP contribution is -2.53. The van der Waals surface area contributed by atoms with Gasteiger partial charge in [0.15, 0.2) is 0 Å². The second-order valence-corrected chi connectivity index (χ2v) is 10.1. The molecule has 11 nitrogen and oxygen atoms in total. The number of unbranched alkanes of at least 4 members (excludes halogenated alkanes) is 2. The average molecular weight is 530 g/mol. The van der Waals surface area contributed by atoms with Crippen LogP contribution in [0.2, 0.25) is 0 Å². The van der Waals surface area contributed by atoms with E-state index in [2.05, 4.69) is 27.4 Å². The van der Waals surface area contributed by atoms with Gasteiger partial charge in [-0.25, -0.2) is 14.6 Å². The van der Waals surface area contributed by atoms with Gasteiger partial charge in [-0.05, 0) is 62.1 Å². The van der Waals surface area contributed by atoms with E-state index in [0.29, 0.717) is 37.6 Å². The number of aromatic nitrogens is 2. The van der Waals surface area contributed by atoms with E-state index in [1.165, 1.54) is 4.90 Å². The van der Waals surface area contributed by atoms with Gasteiger partial charge in [0.2, 0.25) is 17.7 Å². The molecule has 1 aliphatic heterocycles. The number of nitrogens with zero attached hydrogens (tertiary/aromatic N) is 4. The fraction of sp³-hybridized carbons (Fsp3) is 0.593. The second-order valence-electron chi connectivity index (χ2n) is 10.1. The molecule has 0 aliphatic carbocycles. The molecule has 38 heavy (non-hydrogen) atoms. The average Bonchev–Trinajstić information content (AvgIpc) is 3.38. The third-order valence-corrected chi connectivity index (χ3v) is 6.68. The molecule has 1 aromatic carbocycles. The van der Waals surface area contributed by atoms with Crippen LogP contribution >= 0.6 is 0 Å². The molecule has 0 spiro atoms. The smallest absolute Gasteiger partial charge is 0.407 e. The van der Waals surface area contributed by atoms with Crippen molar-refractivity contribution in [3.63, 3.8) is 0 Å². The predicted octanol–water partition coefficient (Wildman–Crippen LogP) is 3.24. The van der Waals surface area contributed by atoms with Crippen LogP contribution in [0.1, 0.15) is 51.5 Å². The van der Waals surface area contributed by atoms with E-state index < -0.39 is 24.1 Å². The van der Waals surface area contributed by atoms with Crippen LogP contribution in [0.4, 0.5) is 10.7 Å². The second kappa shape index (κ2) is 13.3. The molecular weight excluding hydrogens is 490 g/mol. The van der Waals surface area contributed by atoms with Crippen LogP contribution in [0.25, 0.3) is 10.9 Å². The number of rotatable bonds is 12. The zero-order valence-corrected chi connectivity index (χ0v) is 22.9. The largest absolute Gasteiger partial charge is 0.480 e. The van der Waals surface area contributed by atoms with Crippen LogP contribution in [0.5, 0.6) is 5.88 Å². The lowest BCUT2D eigenvalue weighted by molar-refractivity contribution is -0.149. The molecular formula is C27H39N5O6. The summed E-state index contributed by atoms with van der Waals surface area (Å²) in [5, 5.41) is 12.9. The van der Waals surface area contributed by atoms with Crippen molar-refractivity contribution in [3.8, 4) is 5.88 Å². The highest BCUT2D eigenvalue weighted by atomic mass is 16.5. The van der Waals surface area contributed by atoms with Crippen molar-refractivity contribution in [2.45, 2.75) is 64.5 Å². The van der Waals surface area contributed by atoms with Crippen LogP contribution < -0.4 is 15.0 Å². The summed E-state index contributed by atoms with van der Waals surface area (Å²) >= 11 is 0. The van der Waals surface area contributed by atoms with Crippen molar-refractivity contribution < 1.29 is 29.0 Å². The predicted molar refractivity (Wildman–Crippen MR) is 143 cm³/mol. The number of nitrogens with one attached hydrogen (secondary N) is 1. The van der Waals surface area contributed by atoms with Gasteiger partial charge in [0.05, 0.1) is 24.6 Å². The maximum atomic E-state index is 12.9. The Balaban J connectivity index is 1.44. The number of carbonyl (C=O) groups excluding carboxylic acids is 2. The number of aliphatic carboxylic acids is 1. The van der Waals surface area contributed by atoms with Crippen molar-refractivity contribution >= 4 is 34.8 Å². The number of carboxylic acids is 1. The number of hydrogen-bond donors (Lipinski definition) is 2. The molecule has 2 heterocycles. The van der Waals surface area contributed by atoms with E-state index >= 15 is 0 Å². The minimum absolute atomic E-state index is 0.203. The molecule has 0 saturated carbocycles. The molecule has 2 N–H and O–H groups in total. The van der Waals surface area contributed by atoms with Gasteiger partial charge < -0.3 is 29.7 Å². The number of likely N-dealkylation sites (tertiary alicyclic amines) is 1. The Labute approximate surface area is 223 Å². The number of anilines is 1. The van der Waals surface area contributed by atoms with E-state index in [1.54, 1.807) is 7.11 Å². The maximum absolute atomic E-state index is 12.9. The summed E-state index contributed by atoms with van der Waals surface area (Å²) in [7, 11) is 5.37. The summed E-state index contributed by atoms with van der Waals surface area (Å²) in [6.07, 6.45) is 3.71. The summed E-state index contributed by atoms with van der Waals surface area (Å²) < 4.78 is 10.8. The third kappa shape index (κ3) is 7.23. The van der Waals surface area contributed by atoms with Crippen molar-refractivity contribution in [3.05, 3.63) is 23.8 Å². The van der Waals surface area contributed by atoms with Gasteiger partial charge in [0, 0.05) is 20.6 Å². The van der Waals surface area contributed by atoms with Gasteiger partial charge in [0.25, 0.3) is 0 Å². The first kappa shape index (κ1) is 28.9. The molecule has 2 aromatic rings. The minimum Gasteiger partial charge on any atom is -0.480 e. The van der Waals surface area contributed by atoms with Crippen LogP contribution in [-0.4, -0.2) is 84.4 Å². The zero-order chi connectivity index (χ0) is 27.8. The van der Waals surface area contributed by atoms with Crippen molar-refractivity contribution in [2.75, 3.05) is 39.3 Å². The molecule has 0 unspecified atom stereocenters. The SMILES string of the molecule is COc1nc(N(C)C)nc2ccc(CCCCCOC(=O)N[C@H](C(=O)N3CCC[C@H]3C(=O)O)C(C)C)cc12. The first-order chi connectivity index (χ1) is 18.1. The third-order valence-electron chi connectivity index (χ3n) is 6.68. The first-order valence-corrected chi connectivity index (χ1v) is 13.1. The molecule has 1 aliphatic rings. The summed E-state index contributed by atoms with van der Waals surface area (Å²) in [4.78, 5) is 48.9. The highest BCUT2D eigenvalue weighted by molar-refractivity contribution is 5.90. The number of ether oxygens (including phenoxy) is 2. The molecule has 2 atom stereocenters. The molecule has 0 bridgehead atoms. The molecule has 1 fully saturated rings. The number of aryl methyl sites for hydroxylation is 1. The van der Waals surface area contributed by atoms with E-state index in [0.717, 1.165) is 35.7 Å². The number of carbonyl (C=O) groups is 3. The zero-order valence-electron chi connectivity index (χ0n) is 22.9. The Morgan fingerprint density at radius 1 is 1.18 bits per heavy atom. The van der Waals surface area contributed by atoms with Crippen molar-refractivity contribution in [2.24, 2.45) is 5.92 Å². The molecule has 1 aromatic heterocycles.